The Hall–Kier alpha value is -2.02. The number of para-hydroxylation sites is 1. The van der Waals surface area contributed by atoms with Crippen molar-refractivity contribution in [3.05, 3.63) is 59.3 Å². The van der Waals surface area contributed by atoms with Gasteiger partial charge in [-0.25, -0.2) is 0 Å². The molecule has 1 aromatic heterocycles. The molecule has 116 valence electrons. The second kappa shape index (κ2) is 7.31. The zero-order chi connectivity index (χ0) is 16.1. The molecule has 0 saturated carbocycles. The highest BCUT2D eigenvalue weighted by Crippen LogP contribution is 2.30. The molecule has 0 aliphatic rings. The number of nitrogens with zero attached hydrogens (tertiary/aromatic N) is 1. The number of fused-ring (bicyclic) bond motifs is 1. The summed E-state index contributed by atoms with van der Waals surface area (Å²) in [6.07, 6.45) is 11.1. The summed E-state index contributed by atoms with van der Waals surface area (Å²) in [5.74, 6) is 0. The quantitative estimate of drug-likeness (QED) is 0.548. The Labute approximate surface area is 134 Å². The molecule has 0 radical (unpaired) electrons. The fourth-order valence-corrected chi connectivity index (χ4v) is 2.75. The van der Waals surface area contributed by atoms with Crippen LogP contribution in [-0.2, 0) is 0 Å². The van der Waals surface area contributed by atoms with Crippen LogP contribution in [0.15, 0.2) is 48.1 Å². The van der Waals surface area contributed by atoms with Crippen molar-refractivity contribution < 1.29 is 0 Å². The van der Waals surface area contributed by atoms with Gasteiger partial charge in [0.2, 0.25) is 0 Å². The van der Waals surface area contributed by atoms with Crippen molar-refractivity contribution in [1.82, 2.24) is 4.57 Å². The largest absolute Gasteiger partial charge is 0.317 e. The van der Waals surface area contributed by atoms with E-state index in [4.69, 9.17) is 0 Å². The van der Waals surface area contributed by atoms with Gasteiger partial charge >= 0.3 is 0 Å². The Bertz CT molecular complexity index is 739. The van der Waals surface area contributed by atoms with Gasteiger partial charge in [0.25, 0.3) is 0 Å². The zero-order valence-corrected chi connectivity index (χ0v) is 14.5. The average Bonchev–Trinajstić information content (AvgIpc) is 2.82. The van der Waals surface area contributed by atoms with Crippen LogP contribution in [-0.4, -0.2) is 4.57 Å². The van der Waals surface area contributed by atoms with E-state index in [2.05, 4.69) is 87.8 Å². The highest BCUT2D eigenvalue weighted by Gasteiger charge is 2.12. The van der Waals surface area contributed by atoms with Crippen LogP contribution in [0.4, 0.5) is 0 Å². The van der Waals surface area contributed by atoms with Crippen LogP contribution in [0.1, 0.15) is 51.8 Å². The summed E-state index contributed by atoms with van der Waals surface area (Å²) in [4.78, 5) is 0. The molecule has 0 amide bonds. The van der Waals surface area contributed by atoms with Gasteiger partial charge in [-0.2, -0.15) is 0 Å². The molecule has 1 heterocycles. The summed E-state index contributed by atoms with van der Waals surface area (Å²) in [7, 11) is 0. The third-order valence-corrected chi connectivity index (χ3v) is 4.20. The first-order valence-electron chi connectivity index (χ1n) is 8.21. The van der Waals surface area contributed by atoms with Gasteiger partial charge in [-0.1, -0.05) is 55.8 Å². The number of hydrogen-bond acceptors (Lipinski definition) is 0. The lowest BCUT2D eigenvalue weighted by Crippen LogP contribution is -1.96. The fourth-order valence-electron chi connectivity index (χ4n) is 2.75. The first-order chi connectivity index (χ1) is 10.6. The van der Waals surface area contributed by atoms with Gasteiger partial charge in [-0.15, -0.1) is 0 Å². The Balaban J connectivity index is 2.64. The number of allylic oxidation sites excluding steroid dienone is 5. The summed E-state index contributed by atoms with van der Waals surface area (Å²) >= 11 is 0. The summed E-state index contributed by atoms with van der Waals surface area (Å²) < 4.78 is 2.37. The Kier molecular flexibility index (Phi) is 5.43. The molecule has 0 aliphatic carbocycles. The molecular weight excluding hydrogens is 266 g/mol. The molecular formula is C21H27N. The number of aromatic nitrogens is 1. The minimum Gasteiger partial charge on any atom is -0.317 e. The van der Waals surface area contributed by atoms with Crippen molar-refractivity contribution in [3.8, 4) is 0 Å². The third-order valence-electron chi connectivity index (χ3n) is 4.20. The Morgan fingerprint density at radius 1 is 1.09 bits per heavy atom. The first kappa shape index (κ1) is 16.4. The van der Waals surface area contributed by atoms with Gasteiger partial charge in [0.1, 0.15) is 0 Å². The van der Waals surface area contributed by atoms with Gasteiger partial charge in [0.05, 0.1) is 5.52 Å². The maximum absolute atomic E-state index is 2.37. The monoisotopic (exact) mass is 293 g/mol. The van der Waals surface area contributed by atoms with E-state index in [-0.39, 0.29) is 0 Å². The van der Waals surface area contributed by atoms with Crippen LogP contribution in [0.3, 0.4) is 0 Å². The maximum atomic E-state index is 2.37. The van der Waals surface area contributed by atoms with E-state index < -0.39 is 0 Å². The normalized spacial score (nSPS) is 13.5. The standard InChI is InChI=1S/C21H27N/c1-6-8-11-19-18(5)22(17(4)15-14-16(3)7-2)21-13-10-9-12-20(19)21/h8-15H,6-7H2,1-5H3/b11-8-,16-14-,17-15+. The summed E-state index contributed by atoms with van der Waals surface area (Å²) in [6.45, 7) is 10.9. The molecule has 2 rings (SSSR count). The van der Waals surface area contributed by atoms with E-state index in [1.54, 1.807) is 0 Å². The van der Waals surface area contributed by atoms with E-state index in [0.29, 0.717) is 0 Å². The molecule has 1 aromatic carbocycles. The minimum atomic E-state index is 1.06. The summed E-state index contributed by atoms with van der Waals surface area (Å²) in [5.41, 5.74) is 6.59. The fraction of sp³-hybridized carbons (Fsp3) is 0.333. The van der Waals surface area contributed by atoms with Gasteiger partial charge in [0, 0.05) is 22.3 Å². The van der Waals surface area contributed by atoms with Crippen molar-refractivity contribution in [1.29, 1.82) is 0 Å². The highest BCUT2D eigenvalue weighted by molar-refractivity contribution is 5.93. The third kappa shape index (κ3) is 3.24. The van der Waals surface area contributed by atoms with Gasteiger partial charge in [0.15, 0.2) is 0 Å². The summed E-state index contributed by atoms with van der Waals surface area (Å²) in [5, 5.41) is 1.33. The van der Waals surface area contributed by atoms with Crippen molar-refractivity contribution >= 4 is 22.7 Å². The van der Waals surface area contributed by atoms with E-state index in [1.807, 2.05) is 0 Å². The van der Waals surface area contributed by atoms with Crippen molar-refractivity contribution in [2.75, 3.05) is 0 Å². The molecule has 0 bridgehead atoms. The molecule has 0 N–H and O–H groups in total. The van der Waals surface area contributed by atoms with Gasteiger partial charge in [-0.3, -0.25) is 0 Å². The van der Waals surface area contributed by atoms with Crippen LogP contribution in [0.2, 0.25) is 0 Å². The number of benzene rings is 1. The van der Waals surface area contributed by atoms with Crippen molar-refractivity contribution in [2.45, 2.75) is 47.5 Å². The van der Waals surface area contributed by atoms with Crippen LogP contribution in [0, 0.1) is 6.92 Å². The van der Waals surface area contributed by atoms with Crippen LogP contribution in [0.25, 0.3) is 22.7 Å². The second-order valence-corrected chi connectivity index (χ2v) is 5.84. The predicted octanol–water partition coefficient (Wildman–Crippen LogP) is 6.59. The van der Waals surface area contributed by atoms with Crippen LogP contribution in [0.5, 0.6) is 0 Å². The van der Waals surface area contributed by atoms with Gasteiger partial charge < -0.3 is 4.57 Å². The lowest BCUT2D eigenvalue weighted by Gasteiger charge is -2.08. The second-order valence-electron chi connectivity index (χ2n) is 5.84. The van der Waals surface area contributed by atoms with Crippen LogP contribution >= 0.6 is 0 Å². The van der Waals surface area contributed by atoms with Gasteiger partial charge in [-0.05, 0) is 45.8 Å². The molecule has 0 fully saturated rings. The molecule has 0 spiro atoms. The zero-order valence-electron chi connectivity index (χ0n) is 14.5. The molecule has 0 aliphatic heterocycles. The number of hydrogen-bond donors (Lipinski definition) is 0. The molecule has 2 aromatic rings. The molecule has 22 heavy (non-hydrogen) atoms. The topological polar surface area (TPSA) is 4.93 Å². The first-order valence-corrected chi connectivity index (χ1v) is 8.21. The van der Waals surface area contributed by atoms with E-state index in [9.17, 15) is 0 Å². The predicted molar refractivity (Wildman–Crippen MR) is 100.0 cm³/mol. The summed E-state index contributed by atoms with van der Waals surface area (Å²) in [6, 6.07) is 8.66. The molecule has 1 nitrogen and oxygen atoms in total. The molecule has 0 atom stereocenters. The van der Waals surface area contributed by atoms with E-state index >= 15 is 0 Å². The van der Waals surface area contributed by atoms with Crippen LogP contribution < -0.4 is 0 Å². The molecule has 0 unspecified atom stereocenters. The maximum Gasteiger partial charge on any atom is 0.0534 e. The molecule has 0 saturated heterocycles. The SMILES string of the molecule is CC/C=C\c1c(C)n(/C(C)=C/C=C(/C)CC)c2ccccc12. The Morgan fingerprint density at radius 3 is 2.50 bits per heavy atom. The smallest absolute Gasteiger partial charge is 0.0534 e. The lowest BCUT2D eigenvalue weighted by atomic mass is 10.1. The van der Waals surface area contributed by atoms with E-state index in [0.717, 1.165) is 12.8 Å². The lowest BCUT2D eigenvalue weighted by molar-refractivity contribution is 1.06. The van der Waals surface area contributed by atoms with E-state index in [1.165, 1.54) is 33.4 Å². The number of rotatable bonds is 5. The Morgan fingerprint density at radius 2 is 1.82 bits per heavy atom. The van der Waals surface area contributed by atoms with Crippen molar-refractivity contribution in [3.63, 3.8) is 0 Å². The molecule has 1 heteroatoms. The minimum absolute atomic E-state index is 1.06. The van der Waals surface area contributed by atoms with Crippen molar-refractivity contribution in [2.24, 2.45) is 0 Å². The highest BCUT2D eigenvalue weighted by atomic mass is 15.0. The average molecular weight is 293 g/mol.